The minimum absolute atomic E-state index is 0.0396. The number of halogens is 2. The molecule has 1 aromatic rings. The summed E-state index contributed by atoms with van der Waals surface area (Å²) in [5.74, 6) is -0.995. The molecule has 0 radical (unpaired) electrons. The first-order valence-corrected chi connectivity index (χ1v) is 8.87. The molecular weight excluding hydrogens is 300 g/mol. The molecule has 0 bridgehead atoms. The standard InChI is InChI=1S/C14H19F2NO3S/c1-21(19,20)6-2-5-17-9-11(18)8-14(17)12-7-10(15)3-4-13(12)16/h3-4,7,11,14,18H,2,5-6,8-9H2,1H3. The third kappa shape index (κ3) is 4.46. The number of benzene rings is 1. The SMILES string of the molecule is CS(=O)(=O)CCCN1CC(O)CC1c1cc(F)ccc1F. The van der Waals surface area contributed by atoms with Crippen molar-refractivity contribution in [1.29, 1.82) is 0 Å². The van der Waals surface area contributed by atoms with Crippen LogP contribution in [0.4, 0.5) is 8.78 Å². The number of aliphatic hydroxyl groups is 1. The van der Waals surface area contributed by atoms with Gasteiger partial charge in [0, 0.05) is 24.4 Å². The Labute approximate surface area is 123 Å². The molecule has 1 saturated heterocycles. The number of hydrogen-bond donors (Lipinski definition) is 1. The van der Waals surface area contributed by atoms with Crippen molar-refractivity contribution in [2.45, 2.75) is 25.0 Å². The third-order valence-corrected chi connectivity index (χ3v) is 4.69. The van der Waals surface area contributed by atoms with Crippen molar-refractivity contribution in [2.24, 2.45) is 0 Å². The Morgan fingerprint density at radius 1 is 1.38 bits per heavy atom. The zero-order valence-electron chi connectivity index (χ0n) is 11.8. The van der Waals surface area contributed by atoms with Gasteiger partial charge in [-0.3, -0.25) is 4.90 Å². The van der Waals surface area contributed by atoms with Crippen LogP contribution >= 0.6 is 0 Å². The molecule has 1 aromatic carbocycles. The number of rotatable bonds is 5. The van der Waals surface area contributed by atoms with E-state index in [0.717, 1.165) is 24.5 Å². The summed E-state index contributed by atoms with van der Waals surface area (Å²) >= 11 is 0. The van der Waals surface area contributed by atoms with Gasteiger partial charge >= 0.3 is 0 Å². The first-order valence-electron chi connectivity index (χ1n) is 6.81. The Morgan fingerprint density at radius 2 is 2.10 bits per heavy atom. The Kier molecular flexibility index (Phi) is 4.95. The van der Waals surface area contributed by atoms with Crippen LogP contribution in [0.15, 0.2) is 18.2 Å². The van der Waals surface area contributed by atoms with Gasteiger partial charge in [0.15, 0.2) is 0 Å². The van der Waals surface area contributed by atoms with Crippen LogP contribution in [0.25, 0.3) is 0 Å². The van der Waals surface area contributed by atoms with E-state index in [1.165, 1.54) is 0 Å². The number of sulfone groups is 1. The highest BCUT2D eigenvalue weighted by molar-refractivity contribution is 7.90. The molecule has 1 aliphatic rings. The Bertz CT molecular complexity index is 606. The highest BCUT2D eigenvalue weighted by atomic mass is 32.2. The fourth-order valence-corrected chi connectivity index (χ4v) is 3.40. The van der Waals surface area contributed by atoms with Crippen LogP contribution in [0.3, 0.4) is 0 Å². The van der Waals surface area contributed by atoms with Gasteiger partial charge in [-0.15, -0.1) is 0 Å². The van der Waals surface area contributed by atoms with E-state index in [4.69, 9.17) is 0 Å². The predicted octanol–water partition coefficient (Wildman–Crippen LogP) is 1.51. The van der Waals surface area contributed by atoms with Crippen molar-refractivity contribution in [1.82, 2.24) is 4.90 Å². The maximum absolute atomic E-state index is 13.9. The van der Waals surface area contributed by atoms with Crippen LogP contribution in [0, 0.1) is 11.6 Å². The molecule has 0 saturated carbocycles. The average Bonchev–Trinajstić information content (AvgIpc) is 2.72. The largest absolute Gasteiger partial charge is 0.392 e. The minimum atomic E-state index is -3.05. The lowest BCUT2D eigenvalue weighted by atomic mass is 10.0. The summed E-state index contributed by atoms with van der Waals surface area (Å²) in [5.41, 5.74) is 0.214. The summed E-state index contributed by atoms with van der Waals surface area (Å²) in [6, 6.07) is 2.85. The van der Waals surface area contributed by atoms with Gasteiger partial charge in [0.2, 0.25) is 0 Å². The van der Waals surface area contributed by atoms with Gasteiger partial charge < -0.3 is 5.11 Å². The van der Waals surface area contributed by atoms with Crippen molar-refractivity contribution >= 4 is 9.84 Å². The lowest BCUT2D eigenvalue weighted by Gasteiger charge is -2.24. The van der Waals surface area contributed by atoms with Gasteiger partial charge in [-0.2, -0.15) is 0 Å². The summed E-state index contributed by atoms with van der Waals surface area (Å²) in [5, 5.41) is 9.77. The summed E-state index contributed by atoms with van der Waals surface area (Å²) in [7, 11) is -3.05. The van der Waals surface area contributed by atoms with Gasteiger partial charge in [-0.25, -0.2) is 17.2 Å². The highest BCUT2D eigenvalue weighted by Crippen LogP contribution is 2.34. The molecule has 4 nitrogen and oxygen atoms in total. The van der Waals surface area contributed by atoms with Crippen LogP contribution in [-0.2, 0) is 9.84 Å². The van der Waals surface area contributed by atoms with Gasteiger partial charge in [0.25, 0.3) is 0 Å². The molecular formula is C14H19F2NO3S. The predicted molar refractivity (Wildman–Crippen MR) is 75.6 cm³/mol. The van der Waals surface area contributed by atoms with Crippen molar-refractivity contribution in [3.63, 3.8) is 0 Å². The minimum Gasteiger partial charge on any atom is -0.392 e. The second-order valence-corrected chi connectivity index (χ2v) is 7.81. The van der Waals surface area contributed by atoms with E-state index >= 15 is 0 Å². The monoisotopic (exact) mass is 319 g/mol. The third-order valence-electron chi connectivity index (χ3n) is 3.66. The van der Waals surface area contributed by atoms with E-state index in [0.29, 0.717) is 25.9 Å². The van der Waals surface area contributed by atoms with Crippen LogP contribution in [0.5, 0.6) is 0 Å². The molecule has 2 atom stereocenters. The highest BCUT2D eigenvalue weighted by Gasteiger charge is 2.33. The smallest absolute Gasteiger partial charge is 0.147 e. The van der Waals surface area contributed by atoms with E-state index in [-0.39, 0.29) is 11.3 Å². The van der Waals surface area contributed by atoms with Crippen molar-refractivity contribution in [2.75, 3.05) is 25.1 Å². The fourth-order valence-electron chi connectivity index (χ4n) is 2.75. The number of hydrogen-bond acceptors (Lipinski definition) is 4. The molecule has 118 valence electrons. The first-order chi connectivity index (χ1) is 9.76. The summed E-state index contributed by atoms with van der Waals surface area (Å²) in [6.07, 6.45) is 1.27. The van der Waals surface area contributed by atoms with Crippen LogP contribution in [-0.4, -0.2) is 49.6 Å². The molecule has 0 aromatic heterocycles. The number of nitrogens with zero attached hydrogens (tertiary/aromatic N) is 1. The van der Waals surface area contributed by atoms with Gasteiger partial charge in [0.05, 0.1) is 11.9 Å². The summed E-state index contributed by atoms with van der Waals surface area (Å²) in [4.78, 5) is 1.81. The second-order valence-electron chi connectivity index (χ2n) is 5.55. The molecule has 2 rings (SSSR count). The molecule has 1 aliphatic heterocycles. The molecule has 21 heavy (non-hydrogen) atoms. The maximum atomic E-state index is 13.9. The lowest BCUT2D eigenvalue weighted by molar-refractivity contribution is 0.175. The normalized spacial score (nSPS) is 23.6. The van der Waals surface area contributed by atoms with E-state index in [1.54, 1.807) is 0 Å². The van der Waals surface area contributed by atoms with Crippen LogP contribution in [0.2, 0.25) is 0 Å². The van der Waals surface area contributed by atoms with E-state index < -0.39 is 33.6 Å². The molecule has 0 spiro atoms. The summed E-state index contributed by atoms with van der Waals surface area (Å²) in [6.45, 7) is 0.759. The van der Waals surface area contributed by atoms with Crippen molar-refractivity contribution < 1.29 is 22.3 Å². The average molecular weight is 319 g/mol. The van der Waals surface area contributed by atoms with Gasteiger partial charge in [-0.1, -0.05) is 0 Å². The Hall–Kier alpha value is -1.05. The molecule has 0 amide bonds. The van der Waals surface area contributed by atoms with Crippen LogP contribution in [0.1, 0.15) is 24.4 Å². The zero-order valence-corrected chi connectivity index (χ0v) is 12.6. The van der Waals surface area contributed by atoms with Gasteiger partial charge in [0.1, 0.15) is 21.5 Å². The fraction of sp³-hybridized carbons (Fsp3) is 0.571. The topological polar surface area (TPSA) is 57.6 Å². The molecule has 1 fully saturated rings. The first kappa shape index (κ1) is 16.3. The Balaban J connectivity index is 2.11. The summed E-state index contributed by atoms with van der Waals surface area (Å²) < 4.78 is 49.5. The molecule has 7 heteroatoms. The van der Waals surface area contributed by atoms with E-state index in [1.807, 2.05) is 4.90 Å². The molecule has 1 heterocycles. The van der Waals surface area contributed by atoms with Gasteiger partial charge in [-0.05, 0) is 37.6 Å². The number of likely N-dealkylation sites (tertiary alicyclic amines) is 1. The molecule has 0 aliphatic carbocycles. The zero-order chi connectivity index (χ0) is 15.6. The van der Waals surface area contributed by atoms with Crippen molar-refractivity contribution in [3.8, 4) is 0 Å². The quantitative estimate of drug-likeness (QED) is 0.894. The lowest BCUT2D eigenvalue weighted by Crippen LogP contribution is -2.27. The van der Waals surface area contributed by atoms with E-state index in [9.17, 15) is 22.3 Å². The maximum Gasteiger partial charge on any atom is 0.147 e. The molecule has 1 N–H and O–H groups in total. The number of aliphatic hydroxyl groups excluding tert-OH is 1. The van der Waals surface area contributed by atoms with E-state index in [2.05, 4.69) is 0 Å². The Morgan fingerprint density at radius 3 is 2.76 bits per heavy atom. The van der Waals surface area contributed by atoms with Crippen molar-refractivity contribution in [3.05, 3.63) is 35.4 Å². The molecule has 2 unspecified atom stereocenters. The number of β-amino-alcohol motifs (C(OH)–C–C–N with tert-alkyl or cyclic N) is 1. The van der Waals surface area contributed by atoms with Crippen LogP contribution < -0.4 is 0 Å². The second kappa shape index (κ2) is 6.37.